The van der Waals surface area contributed by atoms with Crippen molar-refractivity contribution in [3.8, 4) is 0 Å². The van der Waals surface area contributed by atoms with Crippen molar-refractivity contribution in [1.29, 1.82) is 0 Å². The van der Waals surface area contributed by atoms with Gasteiger partial charge in [-0.2, -0.15) is 0 Å². The Morgan fingerprint density at radius 2 is 0.683 bits per heavy atom. The van der Waals surface area contributed by atoms with Gasteiger partial charge in [-0.15, -0.1) is 0 Å². The van der Waals surface area contributed by atoms with Gasteiger partial charge in [-0.1, -0.05) is 125 Å². The molecule has 0 aliphatic heterocycles. The SMILES string of the molecule is CC/C=C\C/C=C\C/C=C\CCCCCCCC(=O)[O-].CC/C=C\C/C=C\C/C=C\CCCCCCCC(=O)[O-].[Sn+2]. The first-order valence-corrected chi connectivity index (χ1v) is 15.8. The van der Waals surface area contributed by atoms with Crippen LogP contribution in [0.3, 0.4) is 0 Å². The minimum absolute atomic E-state index is 0. The minimum Gasteiger partial charge on any atom is -0.550 e. The second kappa shape index (κ2) is 40.3. The van der Waals surface area contributed by atoms with E-state index in [-0.39, 0.29) is 36.7 Å². The molecule has 0 heterocycles. The molecule has 0 bridgehead atoms. The molecule has 0 aromatic heterocycles. The van der Waals surface area contributed by atoms with Crippen molar-refractivity contribution in [3.63, 3.8) is 0 Å². The number of carbonyl (C=O) groups excluding carboxylic acids is 2. The number of rotatable bonds is 26. The molecular formula is C36H58O4Sn. The second-order valence-corrected chi connectivity index (χ2v) is 9.94. The Morgan fingerprint density at radius 1 is 0.415 bits per heavy atom. The van der Waals surface area contributed by atoms with Crippen LogP contribution in [0.4, 0.5) is 0 Å². The summed E-state index contributed by atoms with van der Waals surface area (Å²) in [5.41, 5.74) is 0. The molecule has 0 saturated carbocycles. The van der Waals surface area contributed by atoms with Crippen molar-refractivity contribution in [3.05, 3.63) is 72.9 Å². The van der Waals surface area contributed by atoms with Gasteiger partial charge in [-0.05, 0) is 89.9 Å². The summed E-state index contributed by atoms with van der Waals surface area (Å²) >= 11 is 0. The molecule has 0 spiro atoms. The maximum absolute atomic E-state index is 10.2. The second-order valence-electron chi connectivity index (χ2n) is 9.94. The van der Waals surface area contributed by atoms with Crippen LogP contribution in [-0.2, 0) is 9.59 Å². The molecule has 41 heavy (non-hydrogen) atoms. The zero-order valence-electron chi connectivity index (χ0n) is 26.2. The fourth-order valence-corrected chi connectivity index (χ4v) is 3.78. The summed E-state index contributed by atoms with van der Waals surface area (Å²) in [6.45, 7) is 4.29. The largest absolute Gasteiger partial charge is 2.00 e. The fourth-order valence-electron chi connectivity index (χ4n) is 3.78. The van der Waals surface area contributed by atoms with E-state index in [0.717, 1.165) is 89.9 Å². The molecule has 0 fully saturated rings. The van der Waals surface area contributed by atoms with Crippen LogP contribution in [0.15, 0.2) is 72.9 Å². The van der Waals surface area contributed by atoms with Gasteiger partial charge in [0, 0.05) is 11.9 Å². The van der Waals surface area contributed by atoms with E-state index in [1.165, 1.54) is 25.7 Å². The van der Waals surface area contributed by atoms with E-state index in [4.69, 9.17) is 0 Å². The van der Waals surface area contributed by atoms with E-state index >= 15 is 0 Å². The molecule has 5 heteroatoms. The molecule has 0 aromatic rings. The minimum atomic E-state index is -0.925. The van der Waals surface area contributed by atoms with Crippen LogP contribution >= 0.6 is 0 Å². The van der Waals surface area contributed by atoms with Gasteiger partial charge in [0.2, 0.25) is 0 Å². The molecule has 0 aromatic carbocycles. The Morgan fingerprint density at radius 3 is 1.00 bits per heavy atom. The number of allylic oxidation sites excluding steroid dienone is 12. The summed E-state index contributed by atoms with van der Waals surface area (Å²) < 4.78 is 0. The summed E-state index contributed by atoms with van der Waals surface area (Å²) in [5.74, 6) is -1.85. The number of aliphatic carboxylic acids is 2. The predicted molar refractivity (Wildman–Crippen MR) is 174 cm³/mol. The molecule has 0 atom stereocenters. The van der Waals surface area contributed by atoms with Crippen LogP contribution in [0.2, 0.25) is 0 Å². The maximum Gasteiger partial charge on any atom is 2.00 e. The van der Waals surface area contributed by atoms with Gasteiger partial charge < -0.3 is 19.8 Å². The molecule has 2 radical (unpaired) electrons. The molecule has 0 unspecified atom stereocenters. The third kappa shape index (κ3) is 48.3. The fraction of sp³-hybridized carbons (Fsp3) is 0.611. The maximum atomic E-state index is 10.2. The molecule has 0 rings (SSSR count). The van der Waals surface area contributed by atoms with Crippen molar-refractivity contribution in [2.75, 3.05) is 0 Å². The molecule has 0 aliphatic carbocycles. The Hall–Kier alpha value is -1.82. The third-order valence-electron chi connectivity index (χ3n) is 6.06. The van der Waals surface area contributed by atoms with Crippen molar-refractivity contribution in [1.82, 2.24) is 0 Å². The van der Waals surface area contributed by atoms with Crippen molar-refractivity contribution >= 4 is 35.8 Å². The van der Waals surface area contributed by atoms with Gasteiger partial charge in [0.25, 0.3) is 0 Å². The van der Waals surface area contributed by atoms with E-state index in [9.17, 15) is 19.8 Å². The monoisotopic (exact) mass is 674 g/mol. The molecule has 0 aliphatic rings. The predicted octanol–water partition coefficient (Wildman–Crippen LogP) is 8.27. The molecule has 0 saturated heterocycles. The van der Waals surface area contributed by atoms with Crippen molar-refractivity contribution in [2.24, 2.45) is 0 Å². The molecule has 0 amide bonds. The number of hydrogen-bond donors (Lipinski definition) is 0. The van der Waals surface area contributed by atoms with Crippen molar-refractivity contribution < 1.29 is 19.8 Å². The van der Waals surface area contributed by atoms with Crippen LogP contribution in [0.25, 0.3) is 0 Å². The first-order chi connectivity index (χ1) is 19.5. The first-order valence-electron chi connectivity index (χ1n) is 15.8. The smallest absolute Gasteiger partial charge is 0.550 e. The van der Waals surface area contributed by atoms with E-state index in [0.29, 0.717) is 0 Å². The van der Waals surface area contributed by atoms with Crippen LogP contribution in [0.5, 0.6) is 0 Å². The summed E-state index contributed by atoms with van der Waals surface area (Å²) in [6.07, 6.45) is 46.1. The third-order valence-corrected chi connectivity index (χ3v) is 6.06. The topological polar surface area (TPSA) is 80.3 Å². The van der Waals surface area contributed by atoms with Crippen LogP contribution < -0.4 is 10.2 Å². The summed E-state index contributed by atoms with van der Waals surface area (Å²) in [7, 11) is 0. The van der Waals surface area contributed by atoms with Gasteiger partial charge in [-0.25, -0.2) is 0 Å². The molecule has 4 nitrogen and oxygen atoms in total. The normalized spacial score (nSPS) is 11.8. The van der Waals surface area contributed by atoms with Crippen LogP contribution in [0, 0.1) is 0 Å². The van der Waals surface area contributed by atoms with Gasteiger partial charge in [0.1, 0.15) is 0 Å². The van der Waals surface area contributed by atoms with Gasteiger partial charge >= 0.3 is 23.9 Å². The van der Waals surface area contributed by atoms with E-state index in [1.807, 2.05) is 0 Å². The quantitative estimate of drug-likeness (QED) is 0.0526. The Bertz CT molecular complexity index is 670. The average Bonchev–Trinajstić information content (AvgIpc) is 2.93. The number of carbonyl (C=O) groups is 2. The number of carboxylic acid groups (broad SMARTS) is 2. The van der Waals surface area contributed by atoms with E-state index in [1.54, 1.807) is 0 Å². The van der Waals surface area contributed by atoms with Crippen molar-refractivity contribution in [2.45, 2.75) is 142 Å². The molecule has 0 N–H and O–H groups in total. The van der Waals surface area contributed by atoms with Gasteiger partial charge in [0.15, 0.2) is 0 Å². The van der Waals surface area contributed by atoms with Crippen LogP contribution in [0.1, 0.15) is 142 Å². The number of hydrogen-bond acceptors (Lipinski definition) is 4. The summed E-state index contributed by atoms with van der Waals surface area (Å²) in [6, 6.07) is 0. The van der Waals surface area contributed by atoms with Gasteiger partial charge in [0.05, 0.1) is 0 Å². The number of carboxylic acids is 2. The Balaban J connectivity index is -0.000000688. The summed E-state index contributed by atoms with van der Waals surface area (Å²) in [4.78, 5) is 20.4. The van der Waals surface area contributed by atoms with E-state index < -0.39 is 11.9 Å². The van der Waals surface area contributed by atoms with Gasteiger partial charge in [-0.3, -0.25) is 0 Å². The first kappa shape index (κ1) is 43.6. The zero-order valence-corrected chi connectivity index (χ0v) is 29.1. The average molecular weight is 674 g/mol. The van der Waals surface area contributed by atoms with E-state index in [2.05, 4.69) is 86.8 Å². The zero-order chi connectivity index (χ0) is 29.8. The van der Waals surface area contributed by atoms with Crippen LogP contribution in [-0.4, -0.2) is 35.8 Å². The Labute approximate surface area is 269 Å². The summed E-state index contributed by atoms with van der Waals surface area (Å²) in [5, 5.41) is 20.4. The molecular weight excluding hydrogens is 615 g/mol. The molecule has 230 valence electrons. The number of unbranched alkanes of at least 4 members (excludes halogenated alkanes) is 10. The standard InChI is InChI=1S/2C18H30O2.Sn/c2*1-2-3-4-5-6-7-8-9-10-11-12-13-14-15-16-17-18(19)20;/h2*3-4,6-7,9-10H,2,5,8,11-17H2,1H3,(H,19,20);/q;;+2/p-2/b2*4-3-,7-6-,10-9-;. The Kier molecular flexibility index (Phi) is 42.9.